The number of carboxylic acid groups (broad SMARTS) is 1. The molecule has 0 aliphatic carbocycles. The van der Waals surface area contributed by atoms with Gasteiger partial charge in [-0.25, -0.2) is 4.79 Å². The fraction of sp³-hybridized carbons (Fsp3) is 0.467. The molecule has 0 saturated carbocycles. The van der Waals surface area contributed by atoms with E-state index in [2.05, 4.69) is 17.4 Å². The number of likely N-dealkylation sites (tertiary alicyclic amines) is 1. The van der Waals surface area contributed by atoms with Crippen molar-refractivity contribution < 1.29 is 14.7 Å². The van der Waals surface area contributed by atoms with E-state index in [0.717, 1.165) is 19.5 Å². The topological polar surface area (TPSA) is 69.6 Å². The lowest BCUT2D eigenvalue weighted by Crippen LogP contribution is -2.38. The molecule has 108 valence electrons. The van der Waals surface area contributed by atoms with E-state index < -0.39 is 5.97 Å². The molecule has 0 radical (unpaired) electrons. The summed E-state index contributed by atoms with van der Waals surface area (Å²) in [6, 6.07) is 10.1. The van der Waals surface area contributed by atoms with E-state index in [9.17, 15) is 9.59 Å². The van der Waals surface area contributed by atoms with Gasteiger partial charge < -0.3 is 15.3 Å². The Morgan fingerprint density at radius 3 is 2.75 bits per heavy atom. The highest BCUT2D eigenvalue weighted by Crippen LogP contribution is 2.26. The fourth-order valence-electron chi connectivity index (χ4n) is 2.49. The lowest BCUT2D eigenvalue weighted by atomic mass is 9.99. The van der Waals surface area contributed by atoms with E-state index in [1.165, 1.54) is 5.56 Å². The van der Waals surface area contributed by atoms with E-state index in [1.807, 2.05) is 18.2 Å². The lowest BCUT2D eigenvalue weighted by molar-refractivity contribution is -0.137. The first-order chi connectivity index (χ1) is 9.66. The number of aliphatic carboxylic acids is 1. The minimum absolute atomic E-state index is 0.0891. The molecular weight excluding hydrogens is 256 g/mol. The Labute approximate surface area is 118 Å². The van der Waals surface area contributed by atoms with Crippen LogP contribution in [0, 0.1) is 0 Å². The van der Waals surface area contributed by atoms with Crippen LogP contribution in [0.5, 0.6) is 0 Å². The van der Waals surface area contributed by atoms with Crippen LogP contribution in [0.2, 0.25) is 0 Å². The van der Waals surface area contributed by atoms with Crippen molar-refractivity contribution in [2.45, 2.75) is 25.2 Å². The molecule has 0 spiro atoms. The molecule has 1 atom stereocenters. The van der Waals surface area contributed by atoms with Gasteiger partial charge in [0.2, 0.25) is 0 Å². The minimum Gasteiger partial charge on any atom is -0.481 e. The number of rotatable bonds is 5. The standard InChI is InChI=1S/C15H20N2O3/c18-14(19)7-4-9-16-15(20)17-10-8-13(11-17)12-5-2-1-3-6-12/h1-3,5-6,13H,4,7-11H2,(H,16,20)(H,18,19). The molecular formula is C15H20N2O3. The molecule has 1 heterocycles. The summed E-state index contributed by atoms with van der Waals surface area (Å²) in [4.78, 5) is 24.1. The van der Waals surface area contributed by atoms with Crippen molar-refractivity contribution in [3.8, 4) is 0 Å². The number of nitrogens with one attached hydrogen (secondary N) is 1. The van der Waals surface area contributed by atoms with Crippen LogP contribution in [0.15, 0.2) is 30.3 Å². The highest BCUT2D eigenvalue weighted by atomic mass is 16.4. The third-order valence-electron chi connectivity index (χ3n) is 3.59. The van der Waals surface area contributed by atoms with Gasteiger partial charge in [-0.3, -0.25) is 4.79 Å². The van der Waals surface area contributed by atoms with Crippen LogP contribution in [-0.4, -0.2) is 41.6 Å². The predicted octanol–water partition coefficient (Wildman–Crippen LogP) is 2.05. The van der Waals surface area contributed by atoms with Crippen LogP contribution in [0.1, 0.15) is 30.7 Å². The Kier molecular flexibility index (Phi) is 4.98. The third kappa shape index (κ3) is 3.98. The first-order valence-electron chi connectivity index (χ1n) is 6.96. The van der Waals surface area contributed by atoms with Crippen molar-refractivity contribution in [3.05, 3.63) is 35.9 Å². The van der Waals surface area contributed by atoms with Crippen LogP contribution in [0.25, 0.3) is 0 Å². The average molecular weight is 276 g/mol. The summed E-state index contributed by atoms with van der Waals surface area (Å²) in [6.07, 6.45) is 1.54. The van der Waals surface area contributed by atoms with E-state index >= 15 is 0 Å². The summed E-state index contributed by atoms with van der Waals surface area (Å²) in [5.74, 6) is -0.425. The number of carbonyl (C=O) groups excluding carboxylic acids is 1. The second-order valence-corrected chi connectivity index (χ2v) is 5.07. The van der Waals surface area contributed by atoms with Crippen LogP contribution < -0.4 is 5.32 Å². The zero-order valence-electron chi connectivity index (χ0n) is 11.4. The average Bonchev–Trinajstić information content (AvgIpc) is 2.94. The van der Waals surface area contributed by atoms with Crippen LogP contribution in [-0.2, 0) is 4.79 Å². The molecule has 1 aliphatic rings. The number of amides is 2. The summed E-state index contributed by atoms with van der Waals surface area (Å²) in [6.45, 7) is 1.90. The van der Waals surface area contributed by atoms with Gasteiger partial charge in [-0.1, -0.05) is 30.3 Å². The second kappa shape index (κ2) is 6.93. The normalized spacial score (nSPS) is 18.0. The summed E-state index contributed by atoms with van der Waals surface area (Å²) >= 11 is 0. The molecule has 0 bridgehead atoms. The van der Waals surface area contributed by atoms with Gasteiger partial charge in [0.1, 0.15) is 0 Å². The highest BCUT2D eigenvalue weighted by molar-refractivity contribution is 5.74. The third-order valence-corrected chi connectivity index (χ3v) is 3.59. The maximum absolute atomic E-state index is 11.9. The smallest absolute Gasteiger partial charge is 0.317 e. The Balaban J connectivity index is 1.75. The summed E-state index contributed by atoms with van der Waals surface area (Å²) < 4.78 is 0. The number of carboxylic acids is 1. The Hall–Kier alpha value is -2.04. The first kappa shape index (κ1) is 14.4. The fourth-order valence-corrected chi connectivity index (χ4v) is 2.49. The van der Waals surface area contributed by atoms with Crippen LogP contribution in [0.3, 0.4) is 0 Å². The number of carbonyl (C=O) groups is 2. The molecule has 2 rings (SSSR count). The van der Waals surface area contributed by atoms with Crippen molar-refractivity contribution in [2.75, 3.05) is 19.6 Å². The molecule has 1 unspecified atom stereocenters. The van der Waals surface area contributed by atoms with Crippen molar-refractivity contribution in [3.63, 3.8) is 0 Å². The van der Waals surface area contributed by atoms with Crippen molar-refractivity contribution in [1.29, 1.82) is 0 Å². The van der Waals surface area contributed by atoms with Gasteiger partial charge in [0.15, 0.2) is 0 Å². The number of urea groups is 1. The summed E-state index contributed by atoms with van der Waals surface area (Å²) in [5, 5.41) is 11.3. The second-order valence-electron chi connectivity index (χ2n) is 5.07. The maximum atomic E-state index is 11.9. The first-order valence-corrected chi connectivity index (χ1v) is 6.96. The Morgan fingerprint density at radius 1 is 1.30 bits per heavy atom. The number of hydrogen-bond donors (Lipinski definition) is 2. The van der Waals surface area contributed by atoms with E-state index in [1.54, 1.807) is 4.90 Å². The molecule has 5 heteroatoms. The molecule has 2 N–H and O–H groups in total. The van der Waals surface area contributed by atoms with E-state index in [-0.39, 0.29) is 12.5 Å². The van der Waals surface area contributed by atoms with Crippen LogP contribution >= 0.6 is 0 Å². The minimum atomic E-state index is -0.829. The zero-order valence-corrected chi connectivity index (χ0v) is 11.4. The Morgan fingerprint density at radius 2 is 2.05 bits per heavy atom. The molecule has 20 heavy (non-hydrogen) atoms. The predicted molar refractivity (Wildman–Crippen MR) is 75.6 cm³/mol. The molecule has 1 fully saturated rings. The molecule has 0 aromatic heterocycles. The largest absolute Gasteiger partial charge is 0.481 e. The van der Waals surface area contributed by atoms with E-state index in [4.69, 9.17) is 5.11 Å². The molecule has 1 aromatic carbocycles. The number of nitrogens with zero attached hydrogens (tertiary/aromatic N) is 1. The van der Waals surface area contributed by atoms with Crippen molar-refractivity contribution in [2.24, 2.45) is 0 Å². The maximum Gasteiger partial charge on any atom is 0.317 e. The zero-order chi connectivity index (χ0) is 14.4. The molecule has 1 aliphatic heterocycles. The highest BCUT2D eigenvalue weighted by Gasteiger charge is 2.26. The number of hydrogen-bond acceptors (Lipinski definition) is 2. The van der Waals surface area contributed by atoms with Gasteiger partial charge in [0.25, 0.3) is 0 Å². The van der Waals surface area contributed by atoms with Gasteiger partial charge >= 0.3 is 12.0 Å². The molecule has 1 saturated heterocycles. The lowest BCUT2D eigenvalue weighted by Gasteiger charge is -2.17. The number of benzene rings is 1. The molecule has 1 aromatic rings. The van der Waals surface area contributed by atoms with Gasteiger partial charge in [-0.2, -0.15) is 0 Å². The molecule has 2 amide bonds. The van der Waals surface area contributed by atoms with Crippen molar-refractivity contribution in [1.82, 2.24) is 10.2 Å². The SMILES string of the molecule is O=C(O)CCCNC(=O)N1CCC(c2ccccc2)C1. The Bertz CT molecular complexity index is 461. The van der Waals surface area contributed by atoms with Gasteiger partial charge in [0.05, 0.1) is 0 Å². The van der Waals surface area contributed by atoms with Gasteiger partial charge in [-0.15, -0.1) is 0 Å². The van der Waals surface area contributed by atoms with Crippen LogP contribution in [0.4, 0.5) is 4.79 Å². The van der Waals surface area contributed by atoms with Gasteiger partial charge in [-0.05, 0) is 18.4 Å². The molecule has 5 nitrogen and oxygen atoms in total. The summed E-state index contributed by atoms with van der Waals surface area (Å²) in [5.41, 5.74) is 1.27. The monoisotopic (exact) mass is 276 g/mol. The summed E-state index contributed by atoms with van der Waals surface area (Å²) in [7, 11) is 0. The van der Waals surface area contributed by atoms with Gasteiger partial charge in [0, 0.05) is 32.0 Å². The quantitative estimate of drug-likeness (QED) is 0.809. The van der Waals surface area contributed by atoms with E-state index in [0.29, 0.717) is 18.9 Å². The van der Waals surface area contributed by atoms with Crippen molar-refractivity contribution >= 4 is 12.0 Å².